The van der Waals surface area contributed by atoms with Gasteiger partial charge in [-0.3, -0.25) is 29.1 Å². The fraction of sp³-hybridized carbons (Fsp3) is 0.429. The third-order valence-corrected chi connectivity index (χ3v) is 17.6. The zero-order valence-corrected chi connectivity index (χ0v) is 41.1. The minimum absolute atomic E-state index is 0.0480. The molecule has 0 spiro atoms. The van der Waals surface area contributed by atoms with Crippen LogP contribution in [0.25, 0.3) is 16.6 Å². The highest BCUT2D eigenvalue weighted by atomic mass is 35.5. The van der Waals surface area contributed by atoms with Gasteiger partial charge in [-0.2, -0.15) is 0 Å². The van der Waals surface area contributed by atoms with Crippen molar-refractivity contribution in [3.8, 4) is 11.5 Å². The number of fused-ring (bicyclic) bond motifs is 1. The molecule has 2 saturated heterocycles. The normalized spacial score (nSPS) is 19.9. The van der Waals surface area contributed by atoms with Gasteiger partial charge >= 0.3 is 0 Å². The second-order valence-corrected chi connectivity index (χ2v) is 24.5. The summed E-state index contributed by atoms with van der Waals surface area (Å²) in [4.78, 5) is 39.7. The summed E-state index contributed by atoms with van der Waals surface area (Å²) in [5, 5.41) is 17.0. The van der Waals surface area contributed by atoms with E-state index in [-0.39, 0.29) is 28.5 Å². The van der Waals surface area contributed by atoms with E-state index < -0.39 is 41.5 Å². The largest absolute Gasteiger partial charge is 0.455 e. The molecule has 68 heavy (non-hydrogen) atoms. The van der Waals surface area contributed by atoms with Gasteiger partial charge in [0, 0.05) is 104 Å². The molecule has 1 saturated carbocycles. The summed E-state index contributed by atoms with van der Waals surface area (Å²) in [6.45, 7) is 12.4. The Kier molecular flexibility index (Phi) is 13.7. The number of ether oxygens (including phenoxy) is 1. The van der Waals surface area contributed by atoms with E-state index in [1.54, 1.807) is 30.5 Å². The van der Waals surface area contributed by atoms with E-state index in [0.29, 0.717) is 61.7 Å². The number of nitrogens with one attached hydrogen (secondary N) is 3. The Labute approximate surface area is 403 Å². The van der Waals surface area contributed by atoms with Gasteiger partial charge in [0.15, 0.2) is 0 Å². The number of aromatic nitrogens is 2. The molecule has 16 nitrogen and oxygen atoms in total. The molecule has 2 aromatic heterocycles. The molecule has 0 radical (unpaired) electrons. The van der Waals surface area contributed by atoms with Crippen molar-refractivity contribution in [2.75, 3.05) is 74.1 Å². The number of rotatable bonds is 15. The molecule has 19 heteroatoms. The summed E-state index contributed by atoms with van der Waals surface area (Å²) in [5.74, 6) is 0.768. The van der Waals surface area contributed by atoms with Gasteiger partial charge in [0.1, 0.15) is 22.8 Å². The van der Waals surface area contributed by atoms with Crippen molar-refractivity contribution in [1.82, 2.24) is 24.5 Å². The Morgan fingerprint density at radius 1 is 1.03 bits per heavy atom. The SMILES string of the molecule is C[C@@H](CN1CC[SH](O)(=NC2CC2)CC1)Nc1ccc(S(=O)(=O)NC(=O)c2ccc(N3CCN(CC4=C(c5ccc(Cl)cc5)CC(C)(C)CC4)CC3)cc2Oc2cnc3[nH]ccc3c2)cc1[N+](=O)[O-]. The average Bonchev–Trinajstić information content (AvgIpc) is 3.99. The van der Waals surface area contributed by atoms with Crippen LogP contribution in [0.1, 0.15) is 68.8 Å². The second-order valence-electron chi connectivity index (χ2n) is 19.5. The molecule has 9 rings (SSSR count). The van der Waals surface area contributed by atoms with E-state index in [1.165, 1.54) is 35.0 Å². The van der Waals surface area contributed by atoms with Crippen molar-refractivity contribution < 1.29 is 27.4 Å². The molecule has 4 heterocycles. The quantitative estimate of drug-likeness (QED) is 0.0381. The van der Waals surface area contributed by atoms with E-state index in [1.807, 2.05) is 25.1 Å². The predicted octanol–water partition coefficient (Wildman–Crippen LogP) is 8.64. The molecule has 4 N–H and O–H groups in total. The highest BCUT2D eigenvalue weighted by Gasteiger charge is 2.32. The van der Waals surface area contributed by atoms with Crippen LogP contribution in [0.3, 0.4) is 0 Å². The lowest BCUT2D eigenvalue weighted by Crippen LogP contribution is -2.47. The van der Waals surface area contributed by atoms with Crippen LogP contribution in [0.4, 0.5) is 17.1 Å². The number of H-pyrrole nitrogens is 1. The summed E-state index contributed by atoms with van der Waals surface area (Å²) in [6.07, 6.45) is 8.57. The van der Waals surface area contributed by atoms with Crippen molar-refractivity contribution in [3.05, 3.63) is 117 Å². The first-order valence-corrected chi connectivity index (χ1v) is 27.3. The van der Waals surface area contributed by atoms with Crippen molar-refractivity contribution in [3.63, 3.8) is 0 Å². The molecule has 4 aliphatic rings. The first kappa shape index (κ1) is 47.7. The van der Waals surface area contributed by atoms with Crippen LogP contribution in [-0.4, -0.2) is 120 Å². The third-order valence-electron chi connectivity index (χ3n) is 13.5. The Bertz CT molecular complexity index is 2900. The molecule has 0 bridgehead atoms. The smallest absolute Gasteiger partial charge is 0.293 e. The molecule has 2 aliphatic heterocycles. The van der Waals surface area contributed by atoms with Gasteiger partial charge in [-0.1, -0.05) is 43.2 Å². The van der Waals surface area contributed by atoms with Crippen LogP contribution in [0.2, 0.25) is 5.02 Å². The Morgan fingerprint density at radius 2 is 1.78 bits per heavy atom. The molecule has 0 unspecified atom stereocenters. The molecule has 362 valence electrons. The summed E-state index contributed by atoms with van der Waals surface area (Å²) < 4.78 is 51.8. The number of nitro benzene ring substituents is 1. The van der Waals surface area contributed by atoms with Crippen LogP contribution >= 0.6 is 11.6 Å². The van der Waals surface area contributed by atoms with Gasteiger partial charge in [-0.15, -0.1) is 10.1 Å². The Hall–Kier alpha value is -5.37. The number of hydrogen-bond acceptors (Lipinski definition) is 12. The highest BCUT2D eigenvalue weighted by molar-refractivity contribution is 8.00. The number of piperazine rings is 1. The fourth-order valence-electron chi connectivity index (χ4n) is 9.48. The molecule has 1 atom stereocenters. The van der Waals surface area contributed by atoms with E-state index in [4.69, 9.17) is 20.7 Å². The highest BCUT2D eigenvalue weighted by Crippen LogP contribution is 2.44. The Morgan fingerprint density at radius 3 is 2.50 bits per heavy atom. The monoisotopic (exact) mass is 985 g/mol. The molecule has 1 amide bonds. The number of sulfonamides is 1. The number of anilines is 2. The average molecular weight is 987 g/mol. The number of nitrogens with zero attached hydrogens (tertiary/aromatic N) is 6. The minimum atomic E-state index is -4.60. The molecule has 3 fully saturated rings. The van der Waals surface area contributed by atoms with Crippen molar-refractivity contribution in [1.29, 1.82) is 0 Å². The number of carbonyl (C=O) groups is 1. The van der Waals surface area contributed by atoms with Crippen LogP contribution in [0, 0.1) is 15.5 Å². The van der Waals surface area contributed by atoms with Crippen LogP contribution in [-0.2, 0) is 20.1 Å². The van der Waals surface area contributed by atoms with Crippen molar-refractivity contribution in [2.45, 2.75) is 69.9 Å². The number of amides is 1. The number of nitro groups is 1. The summed E-state index contributed by atoms with van der Waals surface area (Å²) in [6, 6.07) is 20.5. The number of aromatic amines is 1. The van der Waals surface area contributed by atoms with Crippen LogP contribution < -0.4 is 19.7 Å². The maximum absolute atomic E-state index is 14.0. The maximum atomic E-state index is 14.0. The van der Waals surface area contributed by atoms with Gasteiger partial charge in [-0.25, -0.2) is 18.1 Å². The second kappa shape index (κ2) is 19.6. The number of benzene rings is 3. The molecule has 3 aromatic carbocycles. The number of thiol groups is 1. The zero-order valence-electron chi connectivity index (χ0n) is 38.7. The lowest BCUT2D eigenvalue weighted by Gasteiger charge is -2.39. The van der Waals surface area contributed by atoms with E-state index in [2.05, 4.69) is 60.7 Å². The minimum Gasteiger partial charge on any atom is -0.455 e. The number of allylic oxidation sites excluding steroid dienone is 1. The van der Waals surface area contributed by atoms with Gasteiger partial charge < -0.3 is 24.5 Å². The number of pyridine rings is 1. The summed E-state index contributed by atoms with van der Waals surface area (Å²) in [5.41, 5.74) is 5.42. The van der Waals surface area contributed by atoms with Crippen molar-refractivity contribution >= 4 is 71.3 Å². The molecule has 5 aromatic rings. The van der Waals surface area contributed by atoms with E-state index in [0.717, 1.165) is 73.9 Å². The lowest BCUT2D eigenvalue weighted by molar-refractivity contribution is -0.384. The van der Waals surface area contributed by atoms with Crippen molar-refractivity contribution in [2.24, 2.45) is 9.78 Å². The van der Waals surface area contributed by atoms with Crippen LogP contribution in [0.15, 0.2) is 100 Å². The topological polar surface area (TPSA) is 199 Å². The van der Waals surface area contributed by atoms with Crippen LogP contribution in [0.5, 0.6) is 11.5 Å². The van der Waals surface area contributed by atoms with Gasteiger partial charge in [0.2, 0.25) is 0 Å². The predicted molar refractivity (Wildman–Crippen MR) is 271 cm³/mol. The zero-order chi connectivity index (χ0) is 47.8. The first-order chi connectivity index (χ1) is 32.5. The lowest BCUT2D eigenvalue weighted by atomic mass is 9.72. The van der Waals surface area contributed by atoms with E-state index >= 15 is 0 Å². The van der Waals surface area contributed by atoms with Gasteiger partial charge in [-0.05, 0) is 104 Å². The molecule has 2 aliphatic carbocycles. The standard InChI is InChI=1S/C49H60ClN9O7S2/c1-33(31-57-22-24-67(63,25-23-57)54-38-8-9-38)53-44-13-11-41(28-45(44)59(61)62)68(64,65)55-48(60)42-12-10-39(27-46(42)66-40-26-35-15-17-51-47(35)52-30-40)58-20-18-56(19-21-58)32-36-14-16-49(2,3)29-43(36)34-4-6-37(50)7-5-34/h4-7,10-13,15,17,26-28,30,33,38,53,67H,8-9,14,16,18-25,29,31-32H2,1-3H3,(H,51,52)(H,54,63)(H,55,60)/t33-/m0/s1. The number of hydrogen-bond donors (Lipinski definition) is 5. The Balaban J connectivity index is 0.895. The first-order valence-electron chi connectivity index (χ1n) is 23.3. The number of halogens is 1. The summed E-state index contributed by atoms with van der Waals surface area (Å²) >= 11 is 6.25. The molecular weight excluding hydrogens is 926 g/mol. The fourth-order valence-corrected chi connectivity index (χ4v) is 13.1. The van der Waals surface area contributed by atoms with Gasteiger partial charge in [0.25, 0.3) is 21.6 Å². The molecular formula is C49H60ClN9O7S2. The van der Waals surface area contributed by atoms with E-state index in [9.17, 15) is 27.9 Å². The number of carbonyl (C=O) groups excluding carboxylic acids is 1. The van der Waals surface area contributed by atoms with Gasteiger partial charge in [0.05, 0.1) is 27.6 Å². The maximum Gasteiger partial charge on any atom is 0.293 e. The third kappa shape index (κ3) is 11.4. The summed E-state index contributed by atoms with van der Waals surface area (Å²) in [7, 11) is -6.86.